The molecule has 4 amide bonds. The van der Waals surface area contributed by atoms with Crippen LogP contribution in [-0.2, 0) is 103 Å². The van der Waals surface area contributed by atoms with Crippen LogP contribution in [0.15, 0.2) is 125 Å². The third-order valence-corrected chi connectivity index (χ3v) is 27.3. The van der Waals surface area contributed by atoms with E-state index in [0.29, 0.717) is 129 Å². The zero-order chi connectivity index (χ0) is 91.6. The Kier molecular flexibility index (Phi) is 30.6. The summed E-state index contributed by atoms with van der Waals surface area (Å²) in [5.41, 5.74) is 32.8. The van der Waals surface area contributed by atoms with Gasteiger partial charge in [-0.2, -0.15) is 0 Å². The monoisotopic (exact) mass is 1830 g/mol. The van der Waals surface area contributed by atoms with E-state index in [2.05, 4.69) is 51.0 Å². The fourth-order valence-corrected chi connectivity index (χ4v) is 20.6. The number of unbranched alkanes of at least 4 members (excludes halogenated alkanes) is 1. The van der Waals surface area contributed by atoms with Crippen LogP contribution >= 0.6 is 0 Å². The second-order valence-electron chi connectivity index (χ2n) is 34.8. The van der Waals surface area contributed by atoms with Gasteiger partial charge < -0.3 is 82.4 Å². The first-order valence-corrected chi connectivity index (χ1v) is 49.5. The predicted molar refractivity (Wildman–Crippen MR) is 477 cm³/mol. The zero-order valence-electron chi connectivity index (χ0n) is 72.7. The Labute approximate surface area is 733 Å². The number of amidine groups is 5. The van der Waals surface area contributed by atoms with Crippen molar-refractivity contribution in [1.82, 2.24) is 25.3 Å². The molecule has 0 radical (unpaired) electrons. The Balaban J connectivity index is 0.000000163. The van der Waals surface area contributed by atoms with Gasteiger partial charge in [0, 0.05) is 57.5 Å². The molecular weight excluding hydrogens is 1710 g/mol. The fraction of sp³-hybridized carbons (Fsp3) is 0.518. The summed E-state index contributed by atoms with van der Waals surface area (Å²) in [5, 5.41) is 5.80. The first-order valence-electron chi connectivity index (χ1n) is 41.5. The van der Waals surface area contributed by atoms with Gasteiger partial charge in [-0.3, -0.25) is 19.2 Å². The number of hydrogen-bond donors (Lipinski definition) is 7. The Hall–Kier alpha value is -10.6. The number of nitrogens with two attached hydrogens (primary N) is 5. The molecule has 3 saturated heterocycles. The molecule has 5 aromatic rings. The molecule has 3 atom stereocenters. The van der Waals surface area contributed by atoms with Gasteiger partial charge in [0.05, 0.1) is 86.1 Å². The van der Waals surface area contributed by atoms with Crippen LogP contribution in [0.25, 0.3) is 0 Å². The highest BCUT2D eigenvalue weighted by molar-refractivity contribution is 7.90. The largest absolute Gasteiger partial charge is 0.492 e. The van der Waals surface area contributed by atoms with Crippen LogP contribution in [0.3, 0.4) is 0 Å². The van der Waals surface area contributed by atoms with Crippen molar-refractivity contribution in [3.63, 3.8) is 0 Å². The number of rotatable bonds is 24. The number of carbonyl (C=O) groups excluding carboxylic acids is 4. The third kappa shape index (κ3) is 25.6. The summed E-state index contributed by atoms with van der Waals surface area (Å²) in [6.45, 7) is 31.0. The molecule has 0 bridgehead atoms. The van der Waals surface area contributed by atoms with E-state index in [9.17, 15) is 61.3 Å². The van der Waals surface area contributed by atoms with Crippen LogP contribution in [0.5, 0.6) is 28.7 Å². The molecule has 4 fully saturated rings. The minimum absolute atomic E-state index is 0.00284. The van der Waals surface area contributed by atoms with Gasteiger partial charge in [0.1, 0.15) is 90.0 Å². The Morgan fingerprint density at radius 2 is 0.848 bits per heavy atom. The second-order valence-corrected chi connectivity index (χ2v) is 42.9. The van der Waals surface area contributed by atoms with Crippen LogP contribution in [0.2, 0.25) is 0 Å². The van der Waals surface area contributed by atoms with Gasteiger partial charge in [0.15, 0.2) is 5.88 Å². The number of ether oxygens (including phenoxy) is 6. The van der Waals surface area contributed by atoms with E-state index < -0.39 is 66.4 Å². The predicted octanol–water partition coefficient (Wildman–Crippen LogP) is 6.98. The number of hydrogen-bond acceptors (Lipinski definition) is 26. The summed E-state index contributed by atoms with van der Waals surface area (Å²) in [4.78, 5) is 54.5. The third-order valence-electron chi connectivity index (χ3n) is 21.6. The van der Waals surface area contributed by atoms with E-state index in [1.54, 1.807) is 117 Å². The molecular formula is C85H117N15O20S5. The lowest BCUT2D eigenvalue weighted by Crippen LogP contribution is -2.44. The molecule has 0 aromatic heterocycles. The average molecular weight is 1830 g/mol. The number of nitrogens with one attached hydrogen (secondary N) is 2. The number of nitrogens with zero attached hydrogens (tertiary/aromatic N) is 8. The van der Waals surface area contributed by atoms with E-state index >= 15 is 0 Å². The number of fused-ring (bicyclic) bond motifs is 5. The first-order chi connectivity index (χ1) is 58.5. The highest BCUT2D eigenvalue weighted by Gasteiger charge is 2.51. The Morgan fingerprint density at radius 3 is 1.21 bits per heavy atom. The van der Waals surface area contributed by atoms with E-state index in [1.807, 2.05) is 53.4 Å². The summed E-state index contributed by atoms with van der Waals surface area (Å²) in [6, 6.07) is 26.0. The van der Waals surface area contributed by atoms with Crippen molar-refractivity contribution < 1.29 is 89.7 Å². The SMILES string of the molecule is C=C(OC(C)(C)C)N1CCC(COc2cccc3c2C(N)=NS(=O)(=O)C3)C1.CC(=O)N1CCC[C@@H]1COc1cccc2c1C(N)=NS(=O)(=O)C2.CC(C)(C)C(=O)N1CCC[C@@H]1COc1cccc2c1C(N)=NS(=O)(=O)C2.CCCCNC(=O)C(C)(C)COc1cccc2c1C(N)=NS(=O)(=O)C2.CCCNC(=O)C1(COc2cccc3c2C(N)=NS(=O)(=O)C3)CC1. The van der Waals surface area contributed by atoms with Crippen molar-refractivity contribution in [3.05, 3.63) is 159 Å². The zero-order valence-corrected chi connectivity index (χ0v) is 76.7. The van der Waals surface area contributed by atoms with E-state index in [4.69, 9.17) is 57.1 Å². The van der Waals surface area contributed by atoms with Gasteiger partial charge in [-0.15, -0.1) is 22.0 Å². The van der Waals surface area contributed by atoms with Crippen LogP contribution in [0.4, 0.5) is 0 Å². The van der Waals surface area contributed by atoms with Crippen LogP contribution < -0.4 is 63.0 Å². The van der Waals surface area contributed by atoms with Crippen molar-refractivity contribution in [3.8, 4) is 28.7 Å². The minimum atomic E-state index is -3.59. The number of carbonyl (C=O) groups is 4. The van der Waals surface area contributed by atoms with Crippen LogP contribution in [0.1, 0.15) is 196 Å². The number of sulfonamides is 5. The minimum Gasteiger partial charge on any atom is -0.492 e. The van der Waals surface area contributed by atoms with Gasteiger partial charge in [-0.05, 0) is 157 Å². The summed E-state index contributed by atoms with van der Waals surface area (Å²) >= 11 is 0. The van der Waals surface area contributed by atoms with Gasteiger partial charge in [0.25, 0.3) is 50.1 Å². The molecule has 14 rings (SSSR count). The van der Waals surface area contributed by atoms with Crippen molar-refractivity contribution in [2.75, 3.05) is 72.3 Å². The van der Waals surface area contributed by atoms with Crippen molar-refractivity contribution in [1.29, 1.82) is 0 Å². The van der Waals surface area contributed by atoms with Crippen molar-refractivity contribution in [2.24, 2.45) is 72.8 Å². The lowest BCUT2D eigenvalue weighted by atomic mass is 9.93. The maximum absolute atomic E-state index is 12.6. The number of amides is 4. The second kappa shape index (κ2) is 39.5. The maximum Gasteiger partial charge on any atom is 0.259 e. The number of likely N-dealkylation sites (tertiary alicyclic amines) is 3. The van der Waals surface area contributed by atoms with Gasteiger partial charge in [-0.1, -0.05) is 102 Å². The average Bonchev–Trinajstić information content (AvgIpc) is 1.29. The van der Waals surface area contributed by atoms with E-state index in [0.717, 1.165) is 90.4 Å². The molecule has 8 heterocycles. The molecule has 12 N–H and O–H groups in total. The molecule has 35 nitrogen and oxygen atoms in total. The molecule has 1 unspecified atom stereocenters. The van der Waals surface area contributed by atoms with Gasteiger partial charge in [0.2, 0.25) is 23.6 Å². The Bertz CT molecular complexity index is 5680. The van der Waals surface area contributed by atoms with E-state index in [1.165, 1.54) is 0 Å². The lowest BCUT2D eigenvalue weighted by molar-refractivity contribution is -0.141. The van der Waals surface area contributed by atoms with Gasteiger partial charge in [-0.25, -0.2) is 42.1 Å². The molecule has 125 heavy (non-hydrogen) atoms. The van der Waals surface area contributed by atoms with E-state index in [-0.39, 0.29) is 112 Å². The van der Waals surface area contributed by atoms with Crippen LogP contribution in [-0.4, -0.2) is 200 Å². The van der Waals surface area contributed by atoms with Crippen LogP contribution in [0, 0.1) is 22.2 Å². The molecule has 1 saturated carbocycles. The number of benzene rings is 5. The van der Waals surface area contributed by atoms with Gasteiger partial charge >= 0.3 is 0 Å². The molecule has 9 aliphatic rings. The summed E-state index contributed by atoms with van der Waals surface area (Å²) in [5.74, 6) is 2.43. The standard InChI is InChI=1S/C19H27N3O4S.C18H25N3O4S.C17H25N3O4S.C16H21N3O4S.C15H19N3O4S/c1-13(26-19(2,3)4)22-9-8-14(10-22)11-25-16-7-5-6-15-12-27(23,24)21-18(20)17(15)16;1-18(2,3)17(22)21-9-5-7-13(21)10-25-14-8-4-6-12-11-26(23,24)20-16(19)15(12)14;1-4-5-9-19-16(21)17(2,3)11-24-13-8-6-7-12-10-25(22,23)20-15(18)14(12)13;1-2-8-18-15(20)16(6-7-16)10-23-12-5-3-4-11-9-24(21,22)19-14(17)13(11)12;1-10(19)18-7-3-5-12(18)8-22-13-6-2-4-11-9-23(20,21)17-15(16)14(11)13/h5-7,14H,1,8-12H2,2-4H3,(H2,20,21);4,6,8,13H,5,7,9-11H2,1-3H3,(H2,19,20);6-8H,4-5,9-11H2,1-3H3,(H2,18,20)(H,19,21);3-5H,2,6-10H2,1H3,(H2,17,19)(H,18,20);2,4,6,12H,3,5,7-9H2,1H3,(H2,16,17)/t;13-;;;12-/m.1..1/s1. The highest BCUT2D eigenvalue weighted by atomic mass is 32.2. The first kappa shape index (κ1) is 96.6. The summed E-state index contributed by atoms with van der Waals surface area (Å²) < 4.78 is 170. The van der Waals surface area contributed by atoms with Crippen molar-refractivity contribution >= 4 is 103 Å². The maximum atomic E-state index is 12.6. The summed E-state index contributed by atoms with van der Waals surface area (Å²) in [7, 11) is -17.8. The highest BCUT2D eigenvalue weighted by Crippen LogP contribution is 2.47. The molecule has 1 aliphatic carbocycles. The molecule has 5 aromatic carbocycles. The molecule has 40 heteroatoms. The lowest BCUT2D eigenvalue weighted by Gasteiger charge is -2.31. The topological polar surface area (TPSA) is 520 Å². The molecule has 8 aliphatic heterocycles. The fourth-order valence-electron chi connectivity index (χ4n) is 15.2. The smallest absolute Gasteiger partial charge is 0.259 e. The summed E-state index contributed by atoms with van der Waals surface area (Å²) in [6.07, 6.45) is 9.06. The quantitative estimate of drug-likeness (QED) is 0.0242. The Morgan fingerprint density at radius 1 is 0.480 bits per heavy atom. The molecule has 682 valence electrons. The molecule has 0 spiro atoms. The normalized spacial score (nSPS) is 20.3. The van der Waals surface area contributed by atoms with Crippen molar-refractivity contribution in [2.45, 2.75) is 187 Å².